The Balaban J connectivity index is 1.64. The van der Waals surface area contributed by atoms with Crippen LogP contribution in [0.5, 0.6) is 0 Å². The van der Waals surface area contributed by atoms with Gasteiger partial charge < -0.3 is 9.94 Å². The van der Waals surface area contributed by atoms with E-state index in [0.29, 0.717) is 30.1 Å². The van der Waals surface area contributed by atoms with Crippen LogP contribution in [0.15, 0.2) is 17.0 Å². The minimum Gasteiger partial charge on any atom is -0.501 e. The van der Waals surface area contributed by atoms with Crippen LogP contribution in [0.1, 0.15) is 51.9 Å². The zero-order valence-corrected chi connectivity index (χ0v) is 13.3. The van der Waals surface area contributed by atoms with Gasteiger partial charge >= 0.3 is 0 Å². The highest BCUT2D eigenvalue weighted by atomic mass is 19.1. The Morgan fingerprint density at radius 3 is 2.95 bits per heavy atom. The van der Waals surface area contributed by atoms with Crippen LogP contribution in [0.4, 0.5) is 4.39 Å². The van der Waals surface area contributed by atoms with Crippen LogP contribution in [0.3, 0.4) is 0 Å². The Bertz CT molecular complexity index is 519. The first-order valence-electron chi connectivity index (χ1n) is 8.77. The Kier molecular flexibility index (Phi) is 3.28. The predicted octanol–water partition coefficient (Wildman–Crippen LogP) is 4.31. The van der Waals surface area contributed by atoms with Crippen LogP contribution in [0, 0.1) is 29.1 Å². The number of fused-ring (bicyclic) bond motifs is 5. The Hall–Kier alpha value is -1.06. The van der Waals surface area contributed by atoms with Gasteiger partial charge in [-0.3, -0.25) is 0 Å². The van der Waals surface area contributed by atoms with Crippen molar-refractivity contribution in [1.29, 1.82) is 0 Å². The normalized spacial score (nSPS) is 50.7. The summed E-state index contributed by atoms with van der Waals surface area (Å²) in [6.45, 7) is 2.93. The van der Waals surface area contributed by atoms with Crippen molar-refractivity contribution >= 4 is 6.21 Å². The third-order valence-corrected chi connectivity index (χ3v) is 7.45. The van der Waals surface area contributed by atoms with E-state index in [0.717, 1.165) is 38.7 Å². The van der Waals surface area contributed by atoms with Gasteiger partial charge in [-0.05, 0) is 74.2 Å². The standard InChI is InChI=1S/C18H26FNO2/c1-17-7-4-14-13-6-9-22-10-12(13)2-3-15(14)16(17)5-8-18(17,19)11-20-21/h10-11,13-16,21H,2-9H2,1H3/b20-11+/t13-,14+,15+,16-,17-,18-/m0/s1. The van der Waals surface area contributed by atoms with E-state index in [4.69, 9.17) is 9.94 Å². The molecule has 4 heteroatoms. The van der Waals surface area contributed by atoms with Gasteiger partial charge in [-0.15, -0.1) is 0 Å². The predicted molar refractivity (Wildman–Crippen MR) is 82.5 cm³/mol. The van der Waals surface area contributed by atoms with Crippen molar-refractivity contribution < 1.29 is 14.3 Å². The maximum Gasteiger partial charge on any atom is 0.154 e. The second-order valence-corrected chi connectivity index (χ2v) is 8.03. The average molecular weight is 307 g/mol. The van der Waals surface area contributed by atoms with Crippen LogP contribution in [-0.2, 0) is 4.74 Å². The van der Waals surface area contributed by atoms with Gasteiger partial charge in [-0.25, -0.2) is 4.39 Å². The Morgan fingerprint density at radius 2 is 2.14 bits per heavy atom. The largest absolute Gasteiger partial charge is 0.501 e. The first kappa shape index (κ1) is 14.5. The molecule has 3 fully saturated rings. The molecule has 22 heavy (non-hydrogen) atoms. The molecule has 4 rings (SSSR count). The summed E-state index contributed by atoms with van der Waals surface area (Å²) in [7, 11) is 0. The number of allylic oxidation sites excluding steroid dienone is 1. The van der Waals surface area contributed by atoms with Gasteiger partial charge in [-0.2, -0.15) is 0 Å². The monoisotopic (exact) mass is 307 g/mol. The number of alkyl halides is 1. The van der Waals surface area contributed by atoms with Crippen LogP contribution in [-0.4, -0.2) is 23.7 Å². The fourth-order valence-electron chi connectivity index (χ4n) is 6.26. The molecule has 1 N–H and O–H groups in total. The van der Waals surface area contributed by atoms with Gasteiger partial charge in [0, 0.05) is 5.41 Å². The van der Waals surface area contributed by atoms with Crippen molar-refractivity contribution in [3.63, 3.8) is 0 Å². The molecule has 122 valence electrons. The number of hydrogen-bond acceptors (Lipinski definition) is 3. The molecule has 1 aliphatic heterocycles. The second-order valence-electron chi connectivity index (χ2n) is 8.03. The molecule has 0 amide bonds. The summed E-state index contributed by atoms with van der Waals surface area (Å²) < 4.78 is 20.9. The molecule has 0 aromatic heterocycles. The molecule has 0 unspecified atom stereocenters. The van der Waals surface area contributed by atoms with Crippen molar-refractivity contribution in [2.45, 2.75) is 57.5 Å². The lowest BCUT2D eigenvalue weighted by atomic mass is 9.51. The van der Waals surface area contributed by atoms with Crippen molar-refractivity contribution in [3.8, 4) is 0 Å². The number of nitrogens with zero attached hydrogens (tertiary/aromatic N) is 1. The van der Waals surface area contributed by atoms with E-state index in [1.165, 1.54) is 18.2 Å². The highest BCUT2D eigenvalue weighted by Gasteiger charge is 2.63. The van der Waals surface area contributed by atoms with E-state index in [9.17, 15) is 0 Å². The molecule has 0 saturated heterocycles. The van der Waals surface area contributed by atoms with Crippen molar-refractivity contribution in [3.05, 3.63) is 11.8 Å². The molecule has 0 radical (unpaired) electrons. The Morgan fingerprint density at radius 1 is 1.27 bits per heavy atom. The van der Waals surface area contributed by atoms with Gasteiger partial charge in [0.1, 0.15) is 0 Å². The van der Waals surface area contributed by atoms with Crippen molar-refractivity contribution in [2.75, 3.05) is 6.61 Å². The van der Waals surface area contributed by atoms with Gasteiger partial charge in [0.15, 0.2) is 5.67 Å². The highest BCUT2D eigenvalue weighted by Crippen LogP contribution is 2.65. The molecule has 6 atom stereocenters. The molecule has 3 aliphatic carbocycles. The van der Waals surface area contributed by atoms with Crippen LogP contribution in [0.25, 0.3) is 0 Å². The van der Waals surface area contributed by atoms with E-state index in [-0.39, 0.29) is 5.41 Å². The number of rotatable bonds is 1. The maximum absolute atomic E-state index is 15.4. The minimum atomic E-state index is -1.43. The third kappa shape index (κ3) is 1.82. The fourth-order valence-corrected chi connectivity index (χ4v) is 6.26. The van der Waals surface area contributed by atoms with E-state index < -0.39 is 5.67 Å². The summed E-state index contributed by atoms with van der Waals surface area (Å²) in [5.74, 6) is 2.43. The summed E-state index contributed by atoms with van der Waals surface area (Å²) in [4.78, 5) is 0. The number of halogens is 1. The number of ether oxygens (including phenoxy) is 1. The summed E-state index contributed by atoms with van der Waals surface area (Å²) in [6.07, 6.45) is 10.1. The summed E-state index contributed by atoms with van der Waals surface area (Å²) in [5.41, 5.74) is -0.284. The molecule has 3 saturated carbocycles. The zero-order valence-electron chi connectivity index (χ0n) is 13.3. The molecule has 3 nitrogen and oxygen atoms in total. The lowest BCUT2D eigenvalue weighted by molar-refractivity contribution is -0.0509. The molecular weight excluding hydrogens is 281 g/mol. The maximum atomic E-state index is 15.4. The topological polar surface area (TPSA) is 41.8 Å². The summed E-state index contributed by atoms with van der Waals surface area (Å²) >= 11 is 0. The lowest BCUT2D eigenvalue weighted by Crippen LogP contribution is -2.51. The van der Waals surface area contributed by atoms with Crippen LogP contribution in [0.2, 0.25) is 0 Å². The highest BCUT2D eigenvalue weighted by molar-refractivity contribution is 5.70. The third-order valence-electron chi connectivity index (χ3n) is 7.45. The van der Waals surface area contributed by atoms with E-state index in [1.54, 1.807) is 0 Å². The SMILES string of the molecule is C[C@]12CC[C@H]3[C@@H](CCC4=COCC[C@@H]43)[C@@H]1CC[C@]2(F)/C=N/O. The molecule has 0 spiro atoms. The lowest BCUT2D eigenvalue weighted by Gasteiger charge is -2.54. The van der Waals surface area contributed by atoms with Gasteiger partial charge in [0.2, 0.25) is 0 Å². The molecule has 0 aromatic carbocycles. The van der Waals surface area contributed by atoms with Crippen molar-refractivity contribution in [2.24, 2.45) is 34.2 Å². The smallest absolute Gasteiger partial charge is 0.154 e. The zero-order chi connectivity index (χ0) is 15.4. The fraction of sp³-hybridized carbons (Fsp3) is 0.833. The second kappa shape index (κ2) is 4.97. The van der Waals surface area contributed by atoms with E-state index in [1.807, 2.05) is 6.26 Å². The van der Waals surface area contributed by atoms with Gasteiger partial charge in [0.25, 0.3) is 0 Å². The quantitative estimate of drug-likeness (QED) is 0.445. The first-order chi connectivity index (χ1) is 10.6. The van der Waals surface area contributed by atoms with E-state index >= 15 is 4.39 Å². The van der Waals surface area contributed by atoms with Gasteiger partial charge in [-0.1, -0.05) is 12.1 Å². The molecule has 1 heterocycles. The molecule has 0 aromatic rings. The Labute approximate surface area is 131 Å². The van der Waals surface area contributed by atoms with Crippen molar-refractivity contribution in [1.82, 2.24) is 0 Å². The average Bonchev–Trinajstić information content (AvgIpc) is 2.79. The number of oxime groups is 1. The minimum absolute atomic E-state index is 0.354. The number of hydrogen-bond donors (Lipinski definition) is 1. The molecule has 0 bridgehead atoms. The van der Waals surface area contributed by atoms with Crippen LogP contribution < -0.4 is 0 Å². The molecular formula is C18H26FNO2. The van der Waals surface area contributed by atoms with E-state index in [2.05, 4.69) is 12.1 Å². The summed E-state index contributed by atoms with van der Waals surface area (Å²) in [5, 5.41) is 12.0. The molecule has 4 aliphatic rings. The van der Waals surface area contributed by atoms with Crippen LogP contribution >= 0.6 is 0 Å². The first-order valence-corrected chi connectivity index (χ1v) is 8.77. The summed E-state index contributed by atoms with van der Waals surface area (Å²) in [6, 6.07) is 0. The van der Waals surface area contributed by atoms with Gasteiger partial charge in [0.05, 0.1) is 19.1 Å².